The molecular weight excluding hydrogens is 444 g/mol. The molecule has 11 heteroatoms. The van der Waals surface area contributed by atoms with Gasteiger partial charge in [0.1, 0.15) is 16.2 Å². The van der Waals surface area contributed by atoms with E-state index < -0.39 is 11.2 Å². The number of rotatable bonds is 11. The van der Waals surface area contributed by atoms with E-state index in [0.29, 0.717) is 41.6 Å². The lowest BCUT2D eigenvalue weighted by Crippen LogP contribution is -2.39. The average Bonchev–Trinajstić information content (AvgIpc) is 3.20. The molecule has 0 aliphatic heterocycles. The Hall–Kier alpha value is -2.95. The van der Waals surface area contributed by atoms with Crippen molar-refractivity contribution in [3.05, 3.63) is 38.4 Å². The van der Waals surface area contributed by atoms with Crippen molar-refractivity contribution >= 4 is 34.6 Å². The Morgan fingerprint density at radius 1 is 1.15 bits per heavy atom. The molecule has 3 heterocycles. The lowest BCUT2D eigenvalue weighted by atomic mass is 10.1. The van der Waals surface area contributed by atoms with Gasteiger partial charge in [0, 0.05) is 26.1 Å². The van der Waals surface area contributed by atoms with Crippen molar-refractivity contribution in [2.75, 3.05) is 11.1 Å². The minimum atomic E-state index is -0.464. The molecule has 178 valence electrons. The molecule has 3 rings (SSSR count). The van der Waals surface area contributed by atoms with Gasteiger partial charge < -0.3 is 4.52 Å². The number of hydrogen-bond acceptors (Lipinski definition) is 8. The third-order valence-electron chi connectivity index (χ3n) is 5.13. The number of aromatic nitrogens is 5. The number of carbonyl (C=O) groups excluding carboxylic acids is 1. The maximum atomic E-state index is 13.0. The molecule has 0 saturated carbocycles. The number of carbonyl (C=O) groups is 1. The Labute approximate surface area is 195 Å². The third kappa shape index (κ3) is 5.89. The number of fused-ring (bicyclic) bond motifs is 1. The van der Waals surface area contributed by atoms with Gasteiger partial charge in [0.2, 0.25) is 11.8 Å². The molecule has 0 aliphatic carbocycles. The zero-order valence-electron chi connectivity index (χ0n) is 19.5. The Bertz CT molecular complexity index is 1250. The van der Waals surface area contributed by atoms with Crippen LogP contribution in [0.2, 0.25) is 0 Å². The molecule has 3 aromatic heterocycles. The number of thioether (sulfide) groups is 1. The number of nitrogens with zero attached hydrogens (tertiary/aromatic N) is 5. The van der Waals surface area contributed by atoms with Crippen LogP contribution in [0.3, 0.4) is 0 Å². The van der Waals surface area contributed by atoms with Crippen LogP contribution in [0.4, 0.5) is 5.88 Å². The lowest BCUT2D eigenvalue weighted by Gasteiger charge is -2.14. The zero-order valence-corrected chi connectivity index (χ0v) is 20.3. The van der Waals surface area contributed by atoms with E-state index in [2.05, 4.69) is 27.4 Å². The van der Waals surface area contributed by atoms with Gasteiger partial charge in [-0.3, -0.25) is 24.0 Å². The summed E-state index contributed by atoms with van der Waals surface area (Å²) >= 11 is 1.14. The van der Waals surface area contributed by atoms with Crippen LogP contribution in [0.15, 0.2) is 25.2 Å². The van der Waals surface area contributed by atoms with E-state index in [-0.39, 0.29) is 22.9 Å². The predicted molar refractivity (Wildman–Crippen MR) is 128 cm³/mol. The standard InChI is InChI=1S/C22H30N6O4S/c1-5-7-8-9-10-15-23-19-18(21(30)27(4)22(31)28(19)11-6-2)20(24-15)33-13-16(29)25-17-12-14(3)26-32-17/h12H,5-11,13H2,1-4H3,(H,25,29). The predicted octanol–water partition coefficient (Wildman–Crippen LogP) is 3.05. The van der Waals surface area contributed by atoms with E-state index in [4.69, 9.17) is 4.52 Å². The summed E-state index contributed by atoms with van der Waals surface area (Å²) in [7, 11) is 1.45. The fourth-order valence-corrected chi connectivity index (χ4v) is 4.29. The zero-order chi connectivity index (χ0) is 24.0. The van der Waals surface area contributed by atoms with Crippen LogP contribution in [0.25, 0.3) is 11.0 Å². The van der Waals surface area contributed by atoms with Gasteiger partial charge in [-0.05, 0) is 19.8 Å². The first-order valence-electron chi connectivity index (χ1n) is 11.2. The van der Waals surface area contributed by atoms with Crippen molar-refractivity contribution in [3.63, 3.8) is 0 Å². The van der Waals surface area contributed by atoms with Crippen molar-refractivity contribution in [2.45, 2.75) is 70.9 Å². The van der Waals surface area contributed by atoms with E-state index in [9.17, 15) is 14.4 Å². The first kappa shape index (κ1) is 24.7. The van der Waals surface area contributed by atoms with Crippen molar-refractivity contribution in [1.29, 1.82) is 0 Å². The van der Waals surface area contributed by atoms with Crippen molar-refractivity contribution in [1.82, 2.24) is 24.3 Å². The number of hydrogen-bond donors (Lipinski definition) is 1. The summed E-state index contributed by atoms with van der Waals surface area (Å²) in [6, 6.07) is 1.62. The molecule has 0 saturated heterocycles. The van der Waals surface area contributed by atoms with Crippen LogP contribution in [-0.4, -0.2) is 35.9 Å². The molecule has 1 amide bonds. The average molecular weight is 475 g/mol. The normalized spacial score (nSPS) is 11.3. The Morgan fingerprint density at radius 3 is 2.61 bits per heavy atom. The van der Waals surface area contributed by atoms with Gasteiger partial charge in [-0.25, -0.2) is 14.8 Å². The monoisotopic (exact) mass is 474 g/mol. The maximum absolute atomic E-state index is 13.0. The molecule has 0 unspecified atom stereocenters. The van der Waals surface area contributed by atoms with Crippen LogP contribution in [-0.2, 0) is 24.8 Å². The van der Waals surface area contributed by atoms with E-state index >= 15 is 0 Å². The van der Waals surface area contributed by atoms with Crippen LogP contribution < -0.4 is 16.6 Å². The first-order chi connectivity index (χ1) is 15.8. The molecule has 10 nitrogen and oxygen atoms in total. The molecule has 0 spiro atoms. The molecule has 1 N–H and O–H groups in total. The summed E-state index contributed by atoms with van der Waals surface area (Å²) in [4.78, 5) is 47.4. The summed E-state index contributed by atoms with van der Waals surface area (Å²) in [5.41, 5.74) is 0.122. The minimum absolute atomic E-state index is 0.0111. The first-order valence-corrected chi connectivity index (χ1v) is 12.2. The Kier molecular flexibility index (Phi) is 8.43. The highest BCUT2D eigenvalue weighted by molar-refractivity contribution is 8.00. The van der Waals surface area contributed by atoms with Crippen molar-refractivity contribution in [3.8, 4) is 0 Å². The number of unbranched alkanes of at least 4 members (excludes halogenated alkanes) is 3. The van der Waals surface area contributed by atoms with Gasteiger partial charge in [-0.1, -0.05) is 50.0 Å². The molecule has 33 heavy (non-hydrogen) atoms. The van der Waals surface area contributed by atoms with Crippen molar-refractivity contribution in [2.24, 2.45) is 7.05 Å². The van der Waals surface area contributed by atoms with E-state index in [1.54, 1.807) is 13.0 Å². The second-order valence-electron chi connectivity index (χ2n) is 7.92. The van der Waals surface area contributed by atoms with E-state index in [1.807, 2.05) is 6.92 Å². The van der Waals surface area contributed by atoms with Crippen LogP contribution in [0, 0.1) is 6.92 Å². The second-order valence-corrected chi connectivity index (χ2v) is 8.89. The summed E-state index contributed by atoms with van der Waals surface area (Å²) in [6.45, 7) is 6.30. The van der Waals surface area contributed by atoms with Gasteiger partial charge >= 0.3 is 5.69 Å². The molecule has 3 aromatic rings. The maximum Gasteiger partial charge on any atom is 0.332 e. The molecule has 0 aliphatic rings. The topological polar surface area (TPSA) is 125 Å². The summed E-state index contributed by atoms with van der Waals surface area (Å²) < 4.78 is 7.62. The third-order valence-corrected chi connectivity index (χ3v) is 6.10. The van der Waals surface area contributed by atoms with Crippen molar-refractivity contribution < 1.29 is 9.32 Å². The van der Waals surface area contributed by atoms with Gasteiger partial charge in [0.25, 0.3) is 5.56 Å². The molecule has 0 atom stereocenters. The van der Waals surface area contributed by atoms with Crippen LogP contribution in [0.1, 0.15) is 57.5 Å². The van der Waals surface area contributed by atoms with E-state index in [0.717, 1.165) is 42.0 Å². The van der Waals surface area contributed by atoms with E-state index in [1.165, 1.54) is 11.6 Å². The Balaban J connectivity index is 1.98. The summed E-state index contributed by atoms with van der Waals surface area (Å²) in [5, 5.41) is 7.05. The summed E-state index contributed by atoms with van der Waals surface area (Å²) in [5.74, 6) is 0.530. The fraction of sp³-hybridized carbons (Fsp3) is 0.545. The van der Waals surface area contributed by atoms with Crippen LogP contribution >= 0.6 is 11.8 Å². The summed E-state index contributed by atoms with van der Waals surface area (Å²) in [6.07, 6.45) is 5.56. The molecule has 0 radical (unpaired) electrons. The van der Waals surface area contributed by atoms with Gasteiger partial charge in [0.15, 0.2) is 5.65 Å². The Morgan fingerprint density at radius 2 is 1.94 bits per heavy atom. The number of aryl methyl sites for hydroxylation is 3. The number of amides is 1. The number of nitrogens with one attached hydrogen (secondary N) is 1. The second kappa shape index (κ2) is 11.3. The van der Waals surface area contributed by atoms with Crippen LogP contribution in [0.5, 0.6) is 0 Å². The molecule has 0 aromatic carbocycles. The molecule has 0 fully saturated rings. The highest BCUT2D eigenvalue weighted by Crippen LogP contribution is 2.24. The highest BCUT2D eigenvalue weighted by Gasteiger charge is 2.19. The molecular formula is C22H30N6O4S. The smallest absolute Gasteiger partial charge is 0.332 e. The minimum Gasteiger partial charge on any atom is -0.338 e. The fourth-order valence-electron chi connectivity index (χ4n) is 3.46. The number of anilines is 1. The van der Waals surface area contributed by atoms with Gasteiger partial charge in [-0.2, -0.15) is 0 Å². The lowest BCUT2D eigenvalue weighted by molar-refractivity contribution is -0.113. The molecule has 0 bridgehead atoms. The van der Waals surface area contributed by atoms with Gasteiger partial charge in [0.05, 0.1) is 11.4 Å². The SMILES string of the molecule is CCCCCCc1nc(SCC(=O)Nc2cc(C)no2)c2c(=O)n(C)c(=O)n(CCC)c2n1. The largest absolute Gasteiger partial charge is 0.338 e. The van der Waals surface area contributed by atoms with Gasteiger partial charge in [-0.15, -0.1) is 0 Å². The quantitative estimate of drug-likeness (QED) is 0.255. The highest BCUT2D eigenvalue weighted by atomic mass is 32.2.